The number of rotatable bonds is 3. The first-order valence-electron chi connectivity index (χ1n) is 10.5. The van der Waals surface area contributed by atoms with E-state index >= 15 is 0 Å². The van der Waals surface area contributed by atoms with Crippen molar-refractivity contribution in [1.82, 2.24) is 9.80 Å². The Labute approximate surface area is 178 Å². The van der Waals surface area contributed by atoms with Gasteiger partial charge in [-0.3, -0.25) is 4.90 Å². The van der Waals surface area contributed by atoms with E-state index in [0.717, 1.165) is 48.7 Å². The summed E-state index contributed by atoms with van der Waals surface area (Å²) in [4.78, 5) is 17.3. The van der Waals surface area contributed by atoms with Crippen LogP contribution < -0.4 is 5.32 Å². The summed E-state index contributed by atoms with van der Waals surface area (Å²) in [5.74, 6) is 0. The first-order valence-corrected chi connectivity index (χ1v) is 10.9. The van der Waals surface area contributed by atoms with E-state index in [-0.39, 0.29) is 11.4 Å². The van der Waals surface area contributed by atoms with Crippen LogP contribution in [0.1, 0.15) is 43.9 Å². The second kappa shape index (κ2) is 8.00. The first kappa shape index (κ1) is 20.2. The van der Waals surface area contributed by atoms with Crippen molar-refractivity contribution in [3.63, 3.8) is 0 Å². The van der Waals surface area contributed by atoms with Gasteiger partial charge in [-0.05, 0) is 69.0 Å². The summed E-state index contributed by atoms with van der Waals surface area (Å²) in [6.07, 6.45) is 2.06. The maximum atomic E-state index is 12.7. The predicted octanol–water partition coefficient (Wildman–Crippen LogP) is 5.73. The maximum Gasteiger partial charge on any atom is 0.321 e. The Bertz CT molecular complexity index is 872. The zero-order valence-electron chi connectivity index (χ0n) is 17.5. The van der Waals surface area contributed by atoms with Crippen LogP contribution >= 0.6 is 11.6 Å². The van der Waals surface area contributed by atoms with Crippen molar-refractivity contribution in [2.75, 3.05) is 25.0 Å². The van der Waals surface area contributed by atoms with Gasteiger partial charge in [-0.25, -0.2) is 4.79 Å². The van der Waals surface area contributed by atoms with Crippen molar-refractivity contribution in [1.29, 1.82) is 0 Å². The van der Waals surface area contributed by atoms with Crippen LogP contribution in [-0.2, 0) is 0 Å². The van der Waals surface area contributed by atoms with E-state index in [1.807, 2.05) is 48.2 Å². The number of amides is 2. The topological polar surface area (TPSA) is 35.6 Å². The number of anilines is 1. The van der Waals surface area contributed by atoms with Crippen LogP contribution in [0.5, 0.6) is 0 Å². The lowest BCUT2D eigenvalue weighted by Crippen LogP contribution is -2.64. The number of urea groups is 1. The van der Waals surface area contributed by atoms with Gasteiger partial charge in [-0.2, -0.15) is 0 Å². The highest BCUT2D eigenvalue weighted by atomic mass is 35.5. The number of nitrogens with zero attached hydrogens (tertiary/aromatic N) is 2. The Hall–Kier alpha value is -2.04. The molecule has 2 aromatic carbocycles. The molecule has 1 atom stereocenters. The average molecular weight is 412 g/mol. The van der Waals surface area contributed by atoms with Gasteiger partial charge in [0.1, 0.15) is 0 Å². The van der Waals surface area contributed by atoms with Crippen molar-refractivity contribution >= 4 is 23.3 Å². The monoisotopic (exact) mass is 411 g/mol. The van der Waals surface area contributed by atoms with Gasteiger partial charge in [0.15, 0.2) is 0 Å². The van der Waals surface area contributed by atoms with Crippen LogP contribution in [0.15, 0.2) is 48.5 Å². The van der Waals surface area contributed by atoms with E-state index in [1.54, 1.807) is 0 Å². The van der Waals surface area contributed by atoms with Gasteiger partial charge >= 0.3 is 6.03 Å². The highest BCUT2D eigenvalue weighted by molar-refractivity contribution is 6.30. The summed E-state index contributed by atoms with van der Waals surface area (Å²) < 4.78 is 0. The number of nitrogens with one attached hydrogen (secondary N) is 1. The number of carbonyl (C=O) groups is 1. The summed E-state index contributed by atoms with van der Waals surface area (Å²) in [5, 5.41) is 3.83. The lowest BCUT2D eigenvalue weighted by atomic mass is 9.62. The third-order valence-corrected chi connectivity index (χ3v) is 6.83. The number of aryl methyl sites for hydroxylation is 1. The molecule has 4 rings (SSSR count). The molecule has 0 radical (unpaired) electrons. The molecule has 0 bridgehead atoms. The van der Waals surface area contributed by atoms with Gasteiger partial charge < -0.3 is 10.2 Å². The third kappa shape index (κ3) is 4.01. The van der Waals surface area contributed by atoms with Gasteiger partial charge in [-0.1, -0.05) is 35.9 Å². The minimum atomic E-state index is 0.00790. The van der Waals surface area contributed by atoms with Gasteiger partial charge in [0.2, 0.25) is 0 Å². The van der Waals surface area contributed by atoms with E-state index < -0.39 is 0 Å². The van der Waals surface area contributed by atoms with Crippen LogP contribution in [-0.4, -0.2) is 41.5 Å². The second-order valence-corrected chi connectivity index (χ2v) is 9.31. The number of halogens is 1. The van der Waals surface area contributed by atoms with Gasteiger partial charge in [-0.15, -0.1) is 0 Å². The molecule has 2 amide bonds. The zero-order valence-corrected chi connectivity index (χ0v) is 18.2. The van der Waals surface area contributed by atoms with E-state index in [0.29, 0.717) is 12.1 Å². The summed E-state index contributed by atoms with van der Waals surface area (Å²) in [6.45, 7) is 9.27. The number of piperidine rings is 1. The first-order chi connectivity index (χ1) is 13.9. The molecule has 2 aromatic rings. The van der Waals surface area contributed by atoms with Crippen molar-refractivity contribution in [2.45, 2.75) is 45.7 Å². The van der Waals surface area contributed by atoms with Crippen LogP contribution in [0, 0.1) is 12.3 Å². The van der Waals surface area contributed by atoms with Crippen molar-refractivity contribution in [2.24, 2.45) is 5.41 Å². The molecule has 1 unspecified atom stereocenters. The maximum absolute atomic E-state index is 12.7. The molecule has 154 valence electrons. The van der Waals surface area contributed by atoms with E-state index in [2.05, 4.69) is 36.2 Å². The Balaban J connectivity index is 1.44. The minimum Gasteiger partial charge on any atom is -0.324 e. The molecular formula is C24H30ClN3O. The molecule has 2 aliphatic heterocycles. The Morgan fingerprint density at radius 2 is 1.83 bits per heavy atom. The number of benzene rings is 2. The van der Waals surface area contributed by atoms with Crippen molar-refractivity contribution < 1.29 is 4.79 Å². The normalized spacial score (nSPS) is 21.3. The molecule has 0 saturated carbocycles. The Morgan fingerprint density at radius 1 is 1.14 bits per heavy atom. The summed E-state index contributed by atoms with van der Waals surface area (Å²) in [6, 6.07) is 17.2. The van der Waals surface area contributed by atoms with Gasteiger partial charge in [0, 0.05) is 47.8 Å². The molecule has 0 aromatic heterocycles. The van der Waals surface area contributed by atoms with Crippen LogP contribution in [0.2, 0.25) is 5.02 Å². The average Bonchev–Trinajstić information content (AvgIpc) is 2.68. The molecule has 2 heterocycles. The van der Waals surface area contributed by atoms with E-state index in [9.17, 15) is 4.79 Å². The standard InChI is InChI=1S/C24H30ClN3O/c1-17(2)28-16-24(22(28)19-7-9-20(25)10-8-19)11-13-27(14-12-24)23(29)26-21-6-4-5-18(3)15-21/h4-10,15,17,22H,11-14,16H2,1-3H3,(H,26,29). The fourth-order valence-electron chi connectivity index (χ4n) is 4.96. The number of likely N-dealkylation sites (tertiary alicyclic amines) is 2. The minimum absolute atomic E-state index is 0.00790. The number of carbonyl (C=O) groups excluding carboxylic acids is 1. The smallest absolute Gasteiger partial charge is 0.321 e. The predicted molar refractivity (Wildman–Crippen MR) is 119 cm³/mol. The van der Waals surface area contributed by atoms with Crippen molar-refractivity contribution in [3.8, 4) is 0 Å². The van der Waals surface area contributed by atoms with Crippen LogP contribution in [0.3, 0.4) is 0 Å². The summed E-state index contributed by atoms with van der Waals surface area (Å²) >= 11 is 6.12. The fraction of sp³-hybridized carbons (Fsp3) is 0.458. The molecule has 1 N–H and O–H groups in total. The quantitative estimate of drug-likeness (QED) is 0.700. The lowest BCUT2D eigenvalue weighted by Gasteiger charge is -2.62. The lowest BCUT2D eigenvalue weighted by molar-refractivity contribution is -0.123. The second-order valence-electron chi connectivity index (χ2n) is 8.87. The fourth-order valence-corrected chi connectivity index (χ4v) is 5.09. The van der Waals surface area contributed by atoms with Gasteiger partial charge in [0.25, 0.3) is 0 Å². The third-order valence-electron chi connectivity index (χ3n) is 6.57. The number of hydrogen-bond donors (Lipinski definition) is 1. The van der Waals surface area contributed by atoms with Crippen molar-refractivity contribution in [3.05, 3.63) is 64.7 Å². The highest BCUT2D eigenvalue weighted by Gasteiger charge is 2.54. The Kier molecular flexibility index (Phi) is 5.58. The van der Waals surface area contributed by atoms with Gasteiger partial charge in [0.05, 0.1) is 0 Å². The Morgan fingerprint density at radius 3 is 2.45 bits per heavy atom. The molecule has 2 fully saturated rings. The highest BCUT2D eigenvalue weighted by Crippen LogP contribution is 2.55. The molecular weight excluding hydrogens is 382 g/mol. The number of hydrogen-bond acceptors (Lipinski definition) is 2. The molecule has 1 spiro atoms. The largest absolute Gasteiger partial charge is 0.324 e. The molecule has 29 heavy (non-hydrogen) atoms. The molecule has 0 aliphatic carbocycles. The molecule has 2 aliphatic rings. The van der Waals surface area contributed by atoms with Crippen LogP contribution in [0.25, 0.3) is 0 Å². The molecule has 4 nitrogen and oxygen atoms in total. The summed E-state index contributed by atoms with van der Waals surface area (Å²) in [5.41, 5.74) is 3.60. The zero-order chi connectivity index (χ0) is 20.6. The van der Waals surface area contributed by atoms with Crippen LogP contribution in [0.4, 0.5) is 10.5 Å². The SMILES string of the molecule is Cc1cccc(NC(=O)N2CCC3(CC2)CN(C(C)C)C3c2ccc(Cl)cc2)c1. The summed E-state index contributed by atoms with van der Waals surface area (Å²) in [7, 11) is 0. The van der Waals surface area contributed by atoms with E-state index in [4.69, 9.17) is 11.6 Å². The molecule has 2 saturated heterocycles. The molecule has 5 heteroatoms. The van der Waals surface area contributed by atoms with E-state index in [1.165, 1.54) is 5.56 Å².